The summed E-state index contributed by atoms with van der Waals surface area (Å²) in [5, 5.41) is 6.15. The first-order valence-corrected chi connectivity index (χ1v) is 12.0. The minimum atomic E-state index is -0.0350. The van der Waals surface area contributed by atoms with E-state index in [-0.39, 0.29) is 18.4 Å². The van der Waals surface area contributed by atoms with Crippen LogP contribution >= 0.6 is 11.6 Å². The van der Waals surface area contributed by atoms with Gasteiger partial charge in [-0.15, -0.1) is 0 Å². The highest BCUT2D eigenvalue weighted by Gasteiger charge is 2.26. The first-order valence-electron chi connectivity index (χ1n) is 11.6. The first kappa shape index (κ1) is 21.8. The number of piperazine rings is 1. The molecule has 0 unspecified atom stereocenters. The van der Waals surface area contributed by atoms with Crippen molar-refractivity contribution in [2.24, 2.45) is 0 Å². The maximum atomic E-state index is 13.1. The van der Waals surface area contributed by atoms with Gasteiger partial charge in [-0.25, -0.2) is 0 Å². The summed E-state index contributed by atoms with van der Waals surface area (Å²) < 4.78 is 1.69. The molecule has 2 amide bonds. The SMILES string of the molecule is O=C(Cn1nc(C(=O)N2CCCCC2)c2ccccc21)N1CCN(c2cccc(Cl)c2)CC1. The van der Waals surface area contributed by atoms with Crippen LogP contribution in [0.15, 0.2) is 48.5 Å². The number of nitrogens with zero attached hydrogens (tertiary/aromatic N) is 5. The number of carbonyl (C=O) groups is 2. The molecule has 3 heterocycles. The Bertz CT molecular complexity index is 1160. The maximum absolute atomic E-state index is 13.1. The van der Waals surface area contributed by atoms with E-state index in [1.807, 2.05) is 58.3 Å². The topological polar surface area (TPSA) is 61.7 Å². The smallest absolute Gasteiger partial charge is 0.275 e. The molecule has 2 aliphatic heterocycles. The van der Waals surface area contributed by atoms with Gasteiger partial charge in [-0.05, 0) is 43.5 Å². The van der Waals surface area contributed by atoms with Gasteiger partial charge in [-0.1, -0.05) is 35.9 Å². The summed E-state index contributed by atoms with van der Waals surface area (Å²) in [6.45, 7) is 4.47. The van der Waals surface area contributed by atoms with Gasteiger partial charge in [-0.2, -0.15) is 5.10 Å². The van der Waals surface area contributed by atoms with E-state index in [0.29, 0.717) is 23.8 Å². The number of anilines is 1. The summed E-state index contributed by atoms with van der Waals surface area (Å²) >= 11 is 6.13. The minimum Gasteiger partial charge on any atom is -0.368 e. The number of rotatable bonds is 4. The first-order chi connectivity index (χ1) is 16.1. The summed E-state index contributed by atoms with van der Waals surface area (Å²) in [5.41, 5.74) is 2.35. The van der Waals surface area contributed by atoms with Crippen LogP contribution in [0.2, 0.25) is 5.02 Å². The van der Waals surface area contributed by atoms with Crippen molar-refractivity contribution in [3.8, 4) is 0 Å². The van der Waals surface area contributed by atoms with E-state index >= 15 is 0 Å². The minimum absolute atomic E-state index is 0.0194. The van der Waals surface area contributed by atoms with Crippen molar-refractivity contribution in [2.45, 2.75) is 25.8 Å². The molecule has 2 fully saturated rings. The zero-order valence-corrected chi connectivity index (χ0v) is 19.4. The van der Waals surface area contributed by atoms with E-state index in [4.69, 9.17) is 11.6 Å². The normalized spacial score (nSPS) is 16.9. The Balaban J connectivity index is 1.29. The number of halogens is 1. The summed E-state index contributed by atoms with van der Waals surface area (Å²) in [7, 11) is 0. The van der Waals surface area contributed by atoms with Gasteiger partial charge in [0.05, 0.1) is 5.52 Å². The molecule has 2 aliphatic rings. The Labute approximate surface area is 198 Å². The predicted molar refractivity (Wildman–Crippen MR) is 130 cm³/mol. The van der Waals surface area contributed by atoms with Gasteiger partial charge in [0, 0.05) is 55.4 Å². The number of hydrogen-bond donors (Lipinski definition) is 0. The van der Waals surface area contributed by atoms with Crippen LogP contribution in [0.3, 0.4) is 0 Å². The molecular weight excluding hydrogens is 438 g/mol. The number of aromatic nitrogens is 2. The quantitative estimate of drug-likeness (QED) is 0.590. The van der Waals surface area contributed by atoms with E-state index in [9.17, 15) is 9.59 Å². The molecule has 0 bridgehead atoms. The van der Waals surface area contributed by atoms with E-state index in [2.05, 4.69) is 10.00 Å². The molecule has 7 nitrogen and oxygen atoms in total. The van der Waals surface area contributed by atoms with Gasteiger partial charge in [0.2, 0.25) is 5.91 Å². The van der Waals surface area contributed by atoms with Crippen LogP contribution in [0, 0.1) is 0 Å². The predicted octanol–water partition coefficient (Wildman–Crippen LogP) is 3.66. The van der Waals surface area contributed by atoms with Gasteiger partial charge in [-0.3, -0.25) is 14.3 Å². The van der Waals surface area contributed by atoms with E-state index in [1.165, 1.54) is 0 Å². The second-order valence-electron chi connectivity index (χ2n) is 8.72. The molecule has 0 atom stereocenters. The number of piperidine rings is 1. The van der Waals surface area contributed by atoms with Crippen molar-refractivity contribution >= 4 is 40.0 Å². The van der Waals surface area contributed by atoms with E-state index < -0.39 is 0 Å². The molecule has 0 spiro atoms. The summed E-state index contributed by atoms with van der Waals surface area (Å²) in [5.74, 6) is -0.0156. The Kier molecular flexibility index (Phi) is 6.22. The van der Waals surface area contributed by atoms with E-state index in [0.717, 1.165) is 62.0 Å². The van der Waals surface area contributed by atoms with Crippen molar-refractivity contribution in [1.29, 1.82) is 0 Å². The van der Waals surface area contributed by atoms with Crippen molar-refractivity contribution in [3.63, 3.8) is 0 Å². The number of para-hydroxylation sites is 1. The van der Waals surface area contributed by atoms with Gasteiger partial charge < -0.3 is 14.7 Å². The summed E-state index contributed by atoms with van der Waals surface area (Å²) in [6, 6.07) is 15.5. The number of fused-ring (bicyclic) bond motifs is 1. The van der Waals surface area contributed by atoms with Gasteiger partial charge in [0.1, 0.15) is 6.54 Å². The fourth-order valence-corrected chi connectivity index (χ4v) is 4.95. The molecule has 33 heavy (non-hydrogen) atoms. The zero-order chi connectivity index (χ0) is 22.8. The molecular formula is C25H28ClN5O2. The van der Waals surface area contributed by atoms with Crippen molar-refractivity contribution in [3.05, 3.63) is 59.2 Å². The lowest BCUT2D eigenvalue weighted by molar-refractivity contribution is -0.132. The van der Waals surface area contributed by atoms with E-state index in [1.54, 1.807) is 4.68 Å². The van der Waals surface area contributed by atoms with Gasteiger partial charge >= 0.3 is 0 Å². The number of carbonyl (C=O) groups excluding carboxylic acids is 2. The second kappa shape index (κ2) is 9.43. The fraction of sp³-hybridized carbons (Fsp3) is 0.400. The fourth-order valence-electron chi connectivity index (χ4n) is 4.77. The molecule has 0 radical (unpaired) electrons. The molecule has 172 valence electrons. The van der Waals surface area contributed by atoms with Crippen LogP contribution < -0.4 is 4.90 Å². The lowest BCUT2D eigenvalue weighted by Crippen LogP contribution is -2.49. The maximum Gasteiger partial charge on any atom is 0.275 e. The largest absolute Gasteiger partial charge is 0.368 e. The van der Waals surface area contributed by atoms with Gasteiger partial charge in [0.15, 0.2) is 5.69 Å². The Morgan fingerprint density at radius 1 is 0.848 bits per heavy atom. The Morgan fingerprint density at radius 3 is 2.36 bits per heavy atom. The van der Waals surface area contributed by atoms with Gasteiger partial charge in [0.25, 0.3) is 5.91 Å². The highest BCUT2D eigenvalue weighted by molar-refractivity contribution is 6.30. The molecule has 2 aromatic carbocycles. The molecule has 0 N–H and O–H groups in total. The van der Waals surface area contributed by atoms with Crippen LogP contribution in [0.25, 0.3) is 10.9 Å². The third kappa shape index (κ3) is 4.55. The van der Waals surface area contributed by atoms with Crippen molar-refractivity contribution in [2.75, 3.05) is 44.2 Å². The molecule has 0 aliphatic carbocycles. The molecule has 3 aromatic rings. The summed E-state index contributed by atoms with van der Waals surface area (Å²) in [6.07, 6.45) is 3.23. The highest BCUT2D eigenvalue weighted by atomic mass is 35.5. The average Bonchev–Trinajstić information content (AvgIpc) is 3.22. The third-order valence-corrected chi connectivity index (χ3v) is 6.83. The van der Waals surface area contributed by atoms with Crippen LogP contribution in [0.4, 0.5) is 5.69 Å². The lowest BCUT2D eigenvalue weighted by atomic mass is 10.1. The molecule has 1 aromatic heterocycles. The number of hydrogen-bond acceptors (Lipinski definition) is 4. The summed E-state index contributed by atoms with van der Waals surface area (Å²) in [4.78, 5) is 32.3. The number of amides is 2. The molecule has 8 heteroatoms. The number of benzene rings is 2. The molecule has 2 saturated heterocycles. The monoisotopic (exact) mass is 465 g/mol. The van der Waals surface area contributed by atoms with Crippen molar-refractivity contribution in [1.82, 2.24) is 19.6 Å². The Morgan fingerprint density at radius 2 is 1.61 bits per heavy atom. The van der Waals surface area contributed by atoms with Crippen molar-refractivity contribution < 1.29 is 9.59 Å². The molecule has 0 saturated carbocycles. The van der Waals surface area contributed by atoms with Crippen LogP contribution in [0.1, 0.15) is 29.8 Å². The number of likely N-dealkylation sites (tertiary alicyclic amines) is 1. The highest BCUT2D eigenvalue weighted by Crippen LogP contribution is 2.23. The van der Waals surface area contributed by atoms with Crippen LogP contribution in [0.5, 0.6) is 0 Å². The molecule has 5 rings (SSSR count). The standard InChI is InChI=1S/C25H28ClN5O2/c26-19-7-6-8-20(17-19)28-13-15-29(16-14-28)23(32)18-31-22-10-3-2-9-21(22)24(27-31)25(33)30-11-4-1-5-12-30/h2-3,6-10,17H,1,4-5,11-16,18H2. The van der Waals surface area contributed by atoms with Crippen LogP contribution in [-0.2, 0) is 11.3 Å². The van der Waals surface area contributed by atoms with Crippen LogP contribution in [-0.4, -0.2) is 70.7 Å². The Hall–Kier alpha value is -3.06. The zero-order valence-electron chi connectivity index (χ0n) is 18.6. The average molecular weight is 466 g/mol. The lowest BCUT2D eigenvalue weighted by Gasteiger charge is -2.36. The second-order valence-corrected chi connectivity index (χ2v) is 9.16. The third-order valence-electron chi connectivity index (χ3n) is 6.59.